The quantitative estimate of drug-likeness (QED) is 0.922. The number of hydrogen-bond donors (Lipinski definition) is 1. The van der Waals surface area contributed by atoms with Crippen molar-refractivity contribution in [3.8, 4) is 11.5 Å². The highest BCUT2D eigenvalue weighted by Crippen LogP contribution is 2.45. The molecule has 4 heteroatoms. The molecule has 1 aliphatic heterocycles. The van der Waals surface area contributed by atoms with Crippen molar-refractivity contribution in [2.45, 2.75) is 32.2 Å². The Morgan fingerprint density at radius 3 is 2.47 bits per heavy atom. The monoisotopic (exact) mass is 325 g/mol. The van der Waals surface area contributed by atoms with E-state index >= 15 is 0 Å². The molecule has 0 saturated heterocycles. The minimum absolute atomic E-state index is 0.0547. The number of benzene rings is 1. The first kappa shape index (κ1) is 13.3. The van der Waals surface area contributed by atoms with Gasteiger partial charge in [0.15, 0.2) is 11.5 Å². The van der Waals surface area contributed by atoms with E-state index < -0.39 is 0 Å². The summed E-state index contributed by atoms with van der Waals surface area (Å²) in [6.45, 7) is 3.67. The van der Waals surface area contributed by atoms with Gasteiger partial charge in [0.2, 0.25) is 0 Å². The van der Waals surface area contributed by atoms with Gasteiger partial charge in [0.05, 0.1) is 13.2 Å². The highest BCUT2D eigenvalue weighted by atomic mass is 79.9. The highest BCUT2D eigenvalue weighted by Gasteiger charge is 2.33. The summed E-state index contributed by atoms with van der Waals surface area (Å²) >= 11 is 3.62. The summed E-state index contributed by atoms with van der Waals surface area (Å²) in [5.74, 6) is 2.95. The van der Waals surface area contributed by atoms with E-state index in [0.717, 1.165) is 33.9 Å². The van der Waals surface area contributed by atoms with Crippen LogP contribution in [0.3, 0.4) is 0 Å². The predicted molar refractivity (Wildman–Crippen MR) is 78.6 cm³/mol. The van der Waals surface area contributed by atoms with Gasteiger partial charge in [-0.15, -0.1) is 0 Å². The van der Waals surface area contributed by atoms with E-state index in [2.05, 4.69) is 22.9 Å². The molecule has 2 atom stereocenters. The maximum atomic E-state index is 6.43. The molecule has 3 nitrogen and oxygen atoms in total. The number of hydrogen-bond acceptors (Lipinski definition) is 3. The third kappa shape index (κ3) is 2.75. The van der Waals surface area contributed by atoms with Gasteiger partial charge in [-0.2, -0.15) is 0 Å². The van der Waals surface area contributed by atoms with Crippen molar-refractivity contribution in [1.29, 1.82) is 0 Å². The molecule has 1 fully saturated rings. The van der Waals surface area contributed by atoms with Crippen LogP contribution in [0.2, 0.25) is 0 Å². The number of halogens is 1. The van der Waals surface area contributed by atoms with E-state index in [1.807, 2.05) is 12.1 Å². The van der Waals surface area contributed by atoms with Gasteiger partial charge in [-0.25, -0.2) is 0 Å². The lowest BCUT2D eigenvalue weighted by molar-refractivity contribution is 0.296. The minimum Gasteiger partial charge on any atom is -0.490 e. The van der Waals surface area contributed by atoms with Crippen LogP contribution in [0.1, 0.15) is 37.8 Å². The minimum atomic E-state index is 0.0547. The molecule has 0 amide bonds. The Morgan fingerprint density at radius 2 is 1.84 bits per heavy atom. The number of fused-ring (bicyclic) bond motifs is 1. The zero-order chi connectivity index (χ0) is 13.4. The molecule has 1 aliphatic carbocycles. The molecule has 0 radical (unpaired) electrons. The molecule has 1 aromatic carbocycles. The summed E-state index contributed by atoms with van der Waals surface area (Å²) in [7, 11) is 0. The van der Waals surface area contributed by atoms with E-state index in [4.69, 9.17) is 15.2 Å². The van der Waals surface area contributed by atoms with Crippen molar-refractivity contribution in [2.24, 2.45) is 17.6 Å². The summed E-state index contributed by atoms with van der Waals surface area (Å²) in [6.07, 6.45) is 3.56. The number of nitrogens with two attached hydrogens (primary N) is 1. The van der Waals surface area contributed by atoms with Crippen molar-refractivity contribution in [2.75, 3.05) is 13.2 Å². The largest absolute Gasteiger partial charge is 0.490 e. The fourth-order valence-corrected chi connectivity index (χ4v) is 3.24. The smallest absolute Gasteiger partial charge is 0.162 e. The molecule has 2 unspecified atom stereocenters. The van der Waals surface area contributed by atoms with E-state index in [1.165, 1.54) is 12.8 Å². The summed E-state index contributed by atoms with van der Waals surface area (Å²) in [5, 5.41) is 0. The van der Waals surface area contributed by atoms with E-state index in [1.54, 1.807) is 0 Å². The van der Waals surface area contributed by atoms with Crippen molar-refractivity contribution in [3.63, 3.8) is 0 Å². The van der Waals surface area contributed by atoms with Crippen molar-refractivity contribution < 1.29 is 9.47 Å². The lowest BCUT2D eigenvalue weighted by Crippen LogP contribution is -2.21. The van der Waals surface area contributed by atoms with Gasteiger partial charge in [0.25, 0.3) is 0 Å². The van der Waals surface area contributed by atoms with Gasteiger partial charge in [-0.05, 0) is 42.4 Å². The van der Waals surface area contributed by atoms with Crippen LogP contribution in [0, 0.1) is 11.8 Å². The SMILES string of the molecule is CC(C1CC1)C(N)c1cc2c(cc1Br)OCCCO2. The molecule has 3 rings (SSSR count). The van der Waals surface area contributed by atoms with Crippen LogP contribution in [-0.2, 0) is 0 Å². The topological polar surface area (TPSA) is 44.5 Å². The predicted octanol–water partition coefficient (Wildman–Crippen LogP) is 3.66. The average Bonchev–Trinajstić information content (AvgIpc) is 3.23. The second-order valence-corrected chi connectivity index (χ2v) is 6.45. The third-order valence-corrected chi connectivity index (χ3v) is 4.84. The lowest BCUT2D eigenvalue weighted by Gasteiger charge is -2.22. The summed E-state index contributed by atoms with van der Waals surface area (Å²) < 4.78 is 12.5. The first-order valence-electron chi connectivity index (χ1n) is 7.01. The Kier molecular flexibility index (Phi) is 3.72. The van der Waals surface area contributed by atoms with Crippen LogP contribution in [0.25, 0.3) is 0 Å². The first-order valence-corrected chi connectivity index (χ1v) is 7.80. The standard InChI is InChI=1S/C15H20BrNO2/c1-9(10-3-4-10)15(17)11-7-13-14(8-12(11)16)19-6-2-5-18-13/h7-10,15H,2-6,17H2,1H3. The number of rotatable bonds is 3. The van der Waals surface area contributed by atoms with Crippen LogP contribution >= 0.6 is 15.9 Å². The van der Waals surface area contributed by atoms with E-state index in [0.29, 0.717) is 19.1 Å². The molecule has 0 aromatic heterocycles. The van der Waals surface area contributed by atoms with Crippen LogP contribution in [-0.4, -0.2) is 13.2 Å². The van der Waals surface area contributed by atoms with Crippen LogP contribution in [0.4, 0.5) is 0 Å². The van der Waals surface area contributed by atoms with E-state index in [9.17, 15) is 0 Å². The molecule has 104 valence electrons. The lowest BCUT2D eigenvalue weighted by atomic mass is 9.91. The average molecular weight is 326 g/mol. The molecule has 2 N–H and O–H groups in total. The maximum Gasteiger partial charge on any atom is 0.162 e. The molecule has 19 heavy (non-hydrogen) atoms. The Balaban J connectivity index is 1.90. The highest BCUT2D eigenvalue weighted by molar-refractivity contribution is 9.10. The van der Waals surface area contributed by atoms with Crippen molar-refractivity contribution in [1.82, 2.24) is 0 Å². The van der Waals surface area contributed by atoms with Crippen molar-refractivity contribution >= 4 is 15.9 Å². The molecule has 1 aromatic rings. The van der Waals surface area contributed by atoms with Gasteiger partial charge >= 0.3 is 0 Å². The molecule has 0 bridgehead atoms. The maximum absolute atomic E-state index is 6.43. The third-order valence-electron chi connectivity index (χ3n) is 4.16. The molecular weight excluding hydrogens is 306 g/mol. The van der Waals surface area contributed by atoms with Crippen LogP contribution < -0.4 is 15.2 Å². The van der Waals surface area contributed by atoms with E-state index in [-0.39, 0.29) is 6.04 Å². The molecule has 1 saturated carbocycles. The summed E-state index contributed by atoms with van der Waals surface area (Å²) in [6, 6.07) is 4.10. The Labute approximate surface area is 122 Å². The van der Waals surface area contributed by atoms with Gasteiger partial charge in [0, 0.05) is 16.9 Å². The summed E-state index contributed by atoms with van der Waals surface area (Å²) in [5.41, 5.74) is 7.55. The zero-order valence-corrected chi connectivity index (χ0v) is 12.8. The first-order chi connectivity index (χ1) is 9.16. The van der Waals surface area contributed by atoms with Crippen LogP contribution in [0.5, 0.6) is 11.5 Å². The Hall–Kier alpha value is -0.740. The number of ether oxygens (including phenoxy) is 2. The molecule has 0 spiro atoms. The zero-order valence-electron chi connectivity index (χ0n) is 11.2. The van der Waals surface area contributed by atoms with Gasteiger partial charge in [-0.1, -0.05) is 22.9 Å². The molecule has 2 aliphatic rings. The Bertz CT molecular complexity index is 473. The second-order valence-electron chi connectivity index (χ2n) is 5.59. The van der Waals surface area contributed by atoms with Crippen molar-refractivity contribution in [3.05, 3.63) is 22.2 Å². The molecular formula is C15H20BrNO2. The second kappa shape index (κ2) is 5.33. The normalized spacial score (nSPS) is 21.6. The van der Waals surface area contributed by atoms with Gasteiger partial charge in [0.1, 0.15) is 0 Å². The Morgan fingerprint density at radius 1 is 1.21 bits per heavy atom. The van der Waals surface area contributed by atoms with Crippen LogP contribution in [0.15, 0.2) is 16.6 Å². The molecule has 1 heterocycles. The summed E-state index contributed by atoms with van der Waals surface area (Å²) in [4.78, 5) is 0. The van der Waals surface area contributed by atoms with Gasteiger partial charge < -0.3 is 15.2 Å². The fourth-order valence-electron chi connectivity index (χ4n) is 2.65. The fraction of sp³-hybridized carbons (Fsp3) is 0.600. The van der Waals surface area contributed by atoms with Gasteiger partial charge in [-0.3, -0.25) is 0 Å².